The number of benzene rings is 1. The Kier molecular flexibility index (Phi) is 5.02. The molecule has 0 saturated heterocycles. The predicted molar refractivity (Wildman–Crippen MR) is 93.9 cm³/mol. The van der Waals surface area contributed by atoms with Gasteiger partial charge in [0.2, 0.25) is 0 Å². The summed E-state index contributed by atoms with van der Waals surface area (Å²) in [6.45, 7) is 1.45. The molecule has 118 valence electrons. The normalized spacial score (nSPS) is 15.4. The average molecular weight is 400 g/mol. The van der Waals surface area contributed by atoms with Crippen molar-refractivity contribution in [3.63, 3.8) is 0 Å². The molecule has 1 aliphatic rings. The highest BCUT2D eigenvalue weighted by atomic mass is 79.9. The first-order chi connectivity index (χ1) is 10.5. The molecule has 6 heteroatoms. The van der Waals surface area contributed by atoms with Gasteiger partial charge in [-0.3, -0.25) is 4.90 Å². The van der Waals surface area contributed by atoms with Gasteiger partial charge in [-0.2, -0.15) is 11.3 Å². The van der Waals surface area contributed by atoms with Crippen LogP contribution in [0.5, 0.6) is 0 Å². The Labute approximate surface area is 144 Å². The fourth-order valence-corrected chi connectivity index (χ4v) is 4.63. The number of hydrogen-bond donors (Lipinski definition) is 0. The Hall–Kier alpha value is -0.690. The van der Waals surface area contributed by atoms with Crippen LogP contribution in [0, 0.1) is 0 Å². The van der Waals surface area contributed by atoms with E-state index in [4.69, 9.17) is 0 Å². The summed E-state index contributed by atoms with van der Waals surface area (Å²) in [4.78, 5) is 2.71. The van der Waals surface area contributed by atoms with Crippen molar-refractivity contribution in [2.45, 2.75) is 30.3 Å². The van der Waals surface area contributed by atoms with Crippen LogP contribution in [-0.2, 0) is 16.4 Å². The first kappa shape index (κ1) is 16.2. The Bertz CT molecular complexity index is 707. The van der Waals surface area contributed by atoms with E-state index in [1.54, 1.807) is 35.6 Å². The van der Waals surface area contributed by atoms with Crippen LogP contribution in [0.25, 0.3) is 0 Å². The van der Waals surface area contributed by atoms with Crippen LogP contribution >= 0.6 is 27.3 Å². The molecule has 0 aliphatic heterocycles. The summed E-state index contributed by atoms with van der Waals surface area (Å²) in [6, 6.07) is 9.55. The van der Waals surface area contributed by atoms with Crippen LogP contribution < -0.4 is 0 Å². The van der Waals surface area contributed by atoms with Crippen molar-refractivity contribution in [3.8, 4) is 0 Å². The molecule has 0 N–H and O–H groups in total. The highest BCUT2D eigenvalue weighted by molar-refractivity contribution is 9.10. The molecular weight excluding hydrogens is 382 g/mol. The molecule has 1 aliphatic carbocycles. The highest BCUT2D eigenvalue weighted by Crippen LogP contribution is 2.29. The van der Waals surface area contributed by atoms with Crippen molar-refractivity contribution in [1.82, 2.24) is 4.90 Å². The van der Waals surface area contributed by atoms with Gasteiger partial charge in [0.25, 0.3) is 0 Å². The minimum atomic E-state index is -3.22. The molecule has 1 aromatic heterocycles. The van der Waals surface area contributed by atoms with E-state index in [0.29, 0.717) is 17.5 Å². The van der Waals surface area contributed by atoms with Gasteiger partial charge >= 0.3 is 0 Å². The van der Waals surface area contributed by atoms with E-state index in [1.165, 1.54) is 18.4 Å². The summed E-state index contributed by atoms with van der Waals surface area (Å²) in [5, 5.41) is 4.21. The summed E-state index contributed by atoms with van der Waals surface area (Å²) >= 11 is 5.02. The standard InChI is InChI=1S/C16H18BrNO2S2/c17-14-1-5-16(6-2-14)22(19,20)10-8-18(15-3-4-15)11-13-7-9-21-12-13/h1-2,5-7,9,12,15H,3-4,8,10-11H2. The second-order valence-electron chi connectivity index (χ2n) is 5.61. The zero-order chi connectivity index (χ0) is 15.6. The van der Waals surface area contributed by atoms with Gasteiger partial charge in [0.1, 0.15) is 0 Å². The fourth-order valence-electron chi connectivity index (χ4n) is 2.44. The number of sulfone groups is 1. The Morgan fingerprint density at radius 1 is 1.18 bits per heavy atom. The van der Waals surface area contributed by atoms with Gasteiger partial charge in [-0.05, 0) is 59.5 Å². The van der Waals surface area contributed by atoms with Crippen molar-refractivity contribution < 1.29 is 8.42 Å². The summed E-state index contributed by atoms with van der Waals surface area (Å²) < 4.78 is 25.8. The van der Waals surface area contributed by atoms with E-state index >= 15 is 0 Å². The zero-order valence-corrected chi connectivity index (χ0v) is 15.3. The van der Waals surface area contributed by atoms with Crippen LogP contribution in [0.2, 0.25) is 0 Å². The summed E-state index contributed by atoms with van der Waals surface area (Å²) in [5.74, 6) is 0.176. The molecule has 3 rings (SSSR count). The minimum Gasteiger partial charge on any atom is -0.295 e. The molecule has 0 radical (unpaired) electrons. The maximum Gasteiger partial charge on any atom is 0.179 e. The number of hydrogen-bond acceptors (Lipinski definition) is 4. The monoisotopic (exact) mass is 399 g/mol. The molecule has 0 bridgehead atoms. The maximum absolute atomic E-state index is 12.5. The number of nitrogens with zero attached hydrogens (tertiary/aromatic N) is 1. The molecule has 1 fully saturated rings. The Balaban J connectivity index is 1.65. The van der Waals surface area contributed by atoms with Crippen LogP contribution in [0.1, 0.15) is 18.4 Å². The summed E-state index contributed by atoms with van der Waals surface area (Å²) in [7, 11) is -3.22. The topological polar surface area (TPSA) is 37.4 Å². The van der Waals surface area contributed by atoms with Gasteiger partial charge in [-0.15, -0.1) is 0 Å². The lowest BCUT2D eigenvalue weighted by Gasteiger charge is -2.21. The van der Waals surface area contributed by atoms with E-state index < -0.39 is 9.84 Å². The van der Waals surface area contributed by atoms with E-state index in [0.717, 1.165) is 11.0 Å². The van der Waals surface area contributed by atoms with Crippen LogP contribution in [0.3, 0.4) is 0 Å². The van der Waals surface area contributed by atoms with E-state index in [-0.39, 0.29) is 5.75 Å². The largest absolute Gasteiger partial charge is 0.295 e. The smallest absolute Gasteiger partial charge is 0.179 e. The van der Waals surface area contributed by atoms with Gasteiger partial charge in [0, 0.05) is 23.6 Å². The van der Waals surface area contributed by atoms with Gasteiger partial charge in [0.05, 0.1) is 10.6 Å². The Morgan fingerprint density at radius 2 is 1.91 bits per heavy atom. The van der Waals surface area contributed by atoms with Crippen LogP contribution in [-0.4, -0.2) is 31.7 Å². The second kappa shape index (κ2) is 6.83. The van der Waals surface area contributed by atoms with E-state index in [1.807, 2.05) is 0 Å². The SMILES string of the molecule is O=S(=O)(CCN(Cc1ccsc1)C1CC1)c1ccc(Br)cc1. The van der Waals surface area contributed by atoms with E-state index in [2.05, 4.69) is 37.7 Å². The Morgan fingerprint density at radius 3 is 2.50 bits per heavy atom. The summed E-state index contributed by atoms with van der Waals surface area (Å²) in [5.41, 5.74) is 1.28. The fraction of sp³-hybridized carbons (Fsp3) is 0.375. The highest BCUT2D eigenvalue weighted by Gasteiger charge is 2.30. The molecule has 1 saturated carbocycles. The van der Waals surface area contributed by atoms with Crippen molar-refractivity contribution in [1.29, 1.82) is 0 Å². The van der Waals surface area contributed by atoms with Gasteiger partial charge in [0.15, 0.2) is 9.84 Å². The van der Waals surface area contributed by atoms with Crippen molar-refractivity contribution in [2.24, 2.45) is 0 Å². The van der Waals surface area contributed by atoms with Crippen LogP contribution in [0.4, 0.5) is 0 Å². The van der Waals surface area contributed by atoms with Crippen molar-refractivity contribution >= 4 is 37.1 Å². The first-order valence-corrected chi connectivity index (χ1v) is 10.7. The molecular formula is C16H18BrNO2S2. The number of halogens is 1. The molecule has 1 aromatic carbocycles. The molecule has 1 heterocycles. The third-order valence-corrected chi connectivity index (χ3v) is 6.82. The second-order valence-corrected chi connectivity index (χ2v) is 9.41. The quantitative estimate of drug-likeness (QED) is 0.706. The summed E-state index contributed by atoms with van der Waals surface area (Å²) in [6.07, 6.45) is 2.37. The molecule has 3 nitrogen and oxygen atoms in total. The first-order valence-electron chi connectivity index (χ1n) is 7.28. The zero-order valence-electron chi connectivity index (χ0n) is 12.1. The van der Waals surface area contributed by atoms with Crippen LogP contribution in [0.15, 0.2) is 50.5 Å². The van der Waals surface area contributed by atoms with Gasteiger partial charge in [-0.1, -0.05) is 15.9 Å². The third kappa shape index (κ3) is 4.19. The molecule has 22 heavy (non-hydrogen) atoms. The van der Waals surface area contributed by atoms with Gasteiger partial charge < -0.3 is 0 Å². The average Bonchev–Trinajstić information content (AvgIpc) is 3.21. The molecule has 0 unspecified atom stereocenters. The van der Waals surface area contributed by atoms with Gasteiger partial charge in [-0.25, -0.2) is 8.42 Å². The minimum absolute atomic E-state index is 0.176. The molecule has 0 amide bonds. The van der Waals surface area contributed by atoms with E-state index in [9.17, 15) is 8.42 Å². The number of rotatable bonds is 7. The lowest BCUT2D eigenvalue weighted by Crippen LogP contribution is -2.30. The maximum atomic E-state index is 12.5. The molecule has 0 spiro atoms. The lowest BCUT2D eigenvalue weighted by molar-refractivity contribution is 0.270. The molecule has 0 atom stereocenters. The predicted octanol–water partition coefficient (Wildman–Crippen LogP) is 3.95. The van der Waals surface area contributed by atoms with Crippen molar-refractivity contribution in [2.75, 3.05) is 12.3 Å². The third-order valence-electron chi connectivity index (χ3n) is 3.85. The number of thiophene rings is 1. The lowest BCUT2D eigenvalue weighted by atomic mass is 10.3. The van der Waals surface area contributed by atoms with Crippen molar-refractivity contribution in [3.05, 3.63) is 51.1 Å². The molecule has 2 aromatic rings.